The molecular formula is C15H16N2O4. The van der Waals surface area contributed by atoms with E-state index in [-0.39, 0.29) is 11.1 Å². The molecule has 2 rings (SSSR count). The predicted octanol–water partition coefficient (Wildman–Crippen LogP) is 1.51. The predicted molar refractivity (Wildman–Crippen MR) is 78.4 cm³/mol. The lowest BCUT2D eigenvalue weighted by molar-refractivity contribution is -0.139. The van der Waals surface area contributed by atoms with Crippen molar-refractivity contribution in [2.45, 2.75) is 25.8 Å². The SMILES string of the molecule is CCCC(NC(=O)c1cc(=O)c2ccccc2[nH]1)C(=O)O. The van der Waals surface area contributed by atoms with Crippen molar-refractivity contribution >= 4 is 22.8 Å². The molecule has 1 aromatic heterocycles. The summed E-state index contributed by atoms with van der Waals surface area (Å²) in [6, 6.07) is 7.05. The molecular weight excluding hydrogens is 272 g/mol. The number of para-hydroxylation sites is 1. The van der Waals surface area contributed by atoms with E-state index in [1.165, 1.54) is 6.07 Å². The number of fused-ring (bicyclic) bond motifs is 1. The number of carbonyl (C=O) groups is 2. The van der Waals surface area contributed by atoms with E-state index in [4.69, 9.17) is 5.11 Å². The van der Waals surface area contributed by atoms with Crippen molar-refractivity contribution in [3.8, 4) is 0 Å². The second-order valence-electron chi connectivity index (χ2n) is 4.75. The third kappa shape index (κ3) is 3.28. The Kier molecular flexibility index (Phi) is 4.37. The highest BCUT2D eigenvalue weighted by Crippen LogP contribution is 2.08. The lowest BCUT2D eigenvalue weighted by Gasteiger charge is -2.13. The van der Waals surface area contributed by atoms with Crippen LogP contribution in [-0.4, -0.2) is 28.0 Å². The number of aromatic amines is 1. The summed E-state index contributed by atoms with van der Waals surface area (Å²) in [5, 5.41) is 11.9. The summed E-state index contributed by atoms with van der Waals surface area (Å²) in [6.07, 6.45) is 0.963. The smallest absolute Gasteiger partial charge is 0.326 e. The normalized spacial score (nSPS) is 12.0. The van der Waals surface area contributed by atoms with E-state index < -0.39 is 17.9 Å². The number of hydrogen-bond donors (Lipinski definition) is 3. The Morgan fingerprint density at radius 1 is 1.33 bits per heavy atom. The average Bonchev–Trinajstić information content (AvgIpc) is 2.46. The maximum absolute atomic E-state index is 12.1. The van der Waals surface area contributed by atoms with Crippen molar-refractivity contribution in [3.63, 3.8) is 0 Å². The molecule has 3 N–H and O–H groups in total. The van der Waals surface area contributed by atoms with Crippen molar-refractivity contribution in [2.24, 2.45) is 0 Å². The van der Waals surface area contributed by atoms with Crippen molar-refractivity contribution in [1.82, 2.24) is 10.3 Å². The van der Waals surface area contributed by atoms with Gasteiger partial charge in [0.15, 0.2) is 5.43 Å². The molecule has 1 aromatic carbocycles. The molecule has 0 aliphatic carbocycles. The zero-order chi connectivity index (χ0) is 15.4. The molecule has 6 heteroatoms. The zero-order valence-corrected chi connectivity index (χ0v) is 11.6. The first kappa shape index (κ1) is 14.8. The highest BCUT2D eigenvalue weighted by atomic mass is 16.4. The van der Waals surface area contributed by atoms with Crippen molar-refractivity contribution < 1.29 is 14.7 Å². The number of rotatable bonds is 5. The largest absolute Gasteiger partial charge is 0.480 e. The van der Waals surface area contributed by atoms with Crippen LogP contribution in [0.4, 0.5) is 0 Å². The van der Waals surface area contributed by atoms with Gasteiger partial charge in [0, 0.05) is 17.0 Å². The molecule has 0 radical (unpaired) electrons. The van der Waals surface area contributed by atoms with Crippen LogP contribution in [0.25, 0.3) is 10.9 Å². The maximum atomic E-state index is 12.1. The topological polar surface area (TPSA) is 99.3 Å². The van der Waals surface area contributed by atoms with E-state index in [2.05, 4.69) is 10.3 Å². The summed E-state index contributed by atoms with van der Waals surface area (Å²) in [6.45, 7) is 1.83. The molecule has 1 atom stereocenters. The van der Waals surface area contributed by atoms with Crippen LogP contribution in [-0.2, 0) is 4.79 Å². The number of pyridine rings is 1. The van der Waals surface area contributed by atoms with Crippen LogP contribution in [0.3, 0.4) is 0 Å². The van der Waals surface area contributed by atoms with Gasteiger partial charge in [0.25, 0.3) is 5.91 Å². The minimum Gasteiger partial charge on any atom is -0.480 e. The number of nitrogens with one attached hydrogen (secondary N) is 2. The molecule has 1 amide bonds. The number of benzene rings is 1. The van der Waals surface area contributed by atoms with Crippen LogP contribution in [0.1, 0.15) is 30.3 Å². The van der Waals surface area contributed by atoms with E-state index >= 15 is 0 Å². The molecule has 1 unspecified atom stereocenters. The van der Waals surface area contributed by atoms with E-state index in [0.717, 1.165) is 0 Å². The summed E-state index contributed by atoms with van der Waals surface area (Å²) in [4.78, 5) is 37.9. The number of aliphatic carboxylic acids is 1. The average molecular weight is 288 g/mol. The number of amides is 1. The minimum absolute atomic E-state index is 0.0565. The molecule has 0 saturated carbocycles. The fourth-order valence-electron chi connectivity index (χ4n) is 2.10. The molecule has 6 nitrogen and oxygen atoms in total. The van der Waals surface area contributed by atoms with Crippen LogP contribution in [0, 0.1) is 0 Å². The van der Waals surface area contributed by atoms with Gasteiger partial charge in [-0.3, -0.25) is 9.59 Å². The van der Waals surface area contributed by atoms with Crippen molar-refractivity contribution in [3.05, 3.63) is 46.2 Å². The third-order valence-corrected chi connectivity index (χ3v) is 3.16. The van der Waals surface area contributed by atoms with Gasteiger partial charge in [-0.05, 0) is 18.6 Å². The molecule has 0 fully saturated rings. The monoisotopic (exact) mass is 288 g/mol. The summed E-state index contributed by atoms with van der Waals surface area (Å²) in [5.41, 5.74) is 0.315. The van der Waals surface area contributed by atoms with Crippen molar-refractivity contribution in [1.29, 1.82) is 0 Å². The Morgan fingerprint density at radius 3 is 2.71 bits per heavy atom. The second kappa shape index (κ2) is 6.21. The zero-order valence-electron chi connectivity index (χ0n) is 11.6. The number of hydrogen-bond acceptors (Lipinski definition) is 3. The summed E-state index contributed by atoms with van der Waals surface area (Å²) in [7, 11) is 0. The molecule has 0 spiro atoms. The van der Waals surface area contributed by atoms with E-state index in [1.807, 2.05) is 6.92 Å². The van der Waals surface area contributed by atoms with Gasteiger partial charge >= 0.3 is 5.97 Å². The van der Waals surface area contributed by atoms with Crippen LogP contribution >= 0.6 is 0 Å². The number of carboxylic acid groups (broad SMARTS) is 1. The summed E-state index contributed by atoms with van der Waals surface area (Å²) in [5.74, 6) is -1.69. The standard InChI is InChI=1S/C15H16N2O4/c1-2-5-11(15(20)21)17-14(19)12-8-13(18)9-6-3-4-7-10(9)16-12/h3-4,6-8,11H,2,5H2,1H3,(H,16,18)(H,17,19)(H,20,21). The molecule has 0 aliphatic rings. The first-order valence-electron chi connectivity index (χ1n) is 6.68. The van der Waals surface area contributed by atoms with Gasteiger partial charge in [-0.1, -0.05) is 25.5 Å². The van der Waals surface area contributed by atoms with Crippen LogP contribution in [0.5, 0.6) is 0 Å². The first-order valence-corrected chi connectivity index (χ1v) is 6.68. The van der Waals surface area contributed by atoms with E-state index in [1.54, 1.807) is 24.3 Å². The van der Waals surface area contributed by atoms with Gasteiger partial charge in [0.1, 0.15) is 11.7 Å². The quantitative estimate of drug-likeness (QED) is 0.776. The number of aromatic nitrogens is 1. The molecule has 110 valence electrons. The Bertz CT molecular complexity index is 736. The third-order valence-electron chi connectivity index (χ3n) is 3.16. The maximum Gasteiger partial charge on any atom is 0.326 e. The summed E-state index contributed by atoms with van der Waals surface area (Å²) >= 11 is 0. The number of carboxylic acids is 1. The van der Waals surface area contributed by atoms with Crippen LogP contribution in [0.2, 0.25) is 0 Å². The lowest BCUT2D eigenvalue weighted by atomic mass is 10.1. The molecule has 2 aromatic rings. The number of carbonyl (C=O) groups excluding carboxylic acids is 1. The van der Waals surface area contributed by atoms with Gasteiger partial charge in [0.2, 0.25) is 0 Å². The number of H-pyrrole nitrogens is 1. The van der Waals surface area contributed by atoms with Crippen molar-refractivity contribution in [2.75, 3.05) is 0 Å². The fourth-order valence-corrected chi connectivity index (χ4v) is 2.10. The molecule has 0 aliphatic heterocycles. The Balaban J connectivity index is 2.31. The van der Waals surface area contributed by atoms with Crippen LogP contribution in [0.15, 0.2) is 35.1 Å². The van der Waals surface area contributed by atoms with Crippen LogP contribution < -0.4 is 10.7 Å². The highest BCUT2D eigenvalue weighted by molar-refractivity contribution is 5.96. The molecule has 0 bridgehead atoms. The van der Waals surface area contributed by atoms with Gasteiger partial charge in [-0.2, -0.15) is 0 Å². The molecule has 21 heavy (non-hydrogen) atoms. The first-order chi connectivity index (χ1) is 10.0. The highest BCUT2D eigenvalue weighted by Gasteiger charge is 2.20. The van der Waals surface area contributed by atoms with Gasteiger partial charge in [0.05, 0.1) is 0 Å². The lowest BCUT2D eigenvalue weighted by Crippen LogP contribution is -2.41. The Morgan fingerprint density at radius 2 is 2.05 bits per heavy atom. The molecule has 1 heterocycles. The molecule has 0 saturated heterocycles. The summed E-state index contributed by atoms with van der Waals surface area (Å²) < 4.78 is 0. The van der Waals surface area contributed by atoms with Gasteiger partial charge in [-0.15, -0.1) is 0 Å². The second-order valence-corrected chi connectivity index (χ2v) is 4.75. The van der Waals surface area contributed by atoms with E-state index in [0.29, 0.717) is 23.7 Å². The van der Waals surface area contributed by atoms with Gasteiger partial charge in [-0.25, -0.2) is 4.79 Å². The minimum atomic E-state index is -1.09. The Labute approximate surface area is 120 Å². The Hall–Kier alpha value is -2.63. The van der Waals surface area contributed by atoms with E-state index in [9.17, 15) is 14.4 Å². The van der Waals surface area contributed by atoms with Gasteiger partial charge < -0.3 is 15.4 Å². The fraction of sp³-hybridized carbons (Fsp3) is 0.267.